The van der Waals surface area contributed by atoms with Gasteiger partial charge in [-0.3, -0.25) is 4.79 Å². The summed E-state index contributed by atoms with van der Waals surface area (Å²) in [6, 6.07) is 0. The molecular formula is C5H9IO. The van der Waals surface area contributed by atoms with Crippen molar-refractivity contribution in [3.05, 3.63) is 0 Å². The molecule has 0 saturated carbocycles. The van der Waals surface area contributed by atoms with Crippen LogP contribution in [0.1, 0.15) is 20.3 Å². The molecular weight excluding hydrogens is 203 g/mol. The van der Waals surface area contributed by atoms with Crippen LogP contribution in [0.3, 0.4) is 0 Å². The van der Waals surface area contributed by atoms with Gasteiger partial charge < -0.3 is 0 Å². The Morgan fingerprint density at radius 1 is 1.86 bits per heavy atom. The lowest BCUT2D eigenvalue weighted by atomic mass is 10.3. The fourth-order valence-electron chi connectivity index (χ4n) is 0.287. The predicted octanol–water partition coefficient (Wildman–Crippen LogP) is 1.79. The Balaban J connectivity index is 3.34. The highest BCUT2D eigenvalue weighted by Crippen LogP contribution is 2.04. The summed E-state index contributed by atoms with van der Waals surface area (Å²) >= 11 is 2.15. The predicted molar refractivity (Wildman–Crippen MR) is 38.8 cm³/mol. The van der Waals surface area contributed by atoms with Crippen molar-refractivity contribution >= 4 is 28.4 Å². The van der Waals surface area contributed by atoms with Crippen molar-refractivity contribution in [3.63, 3.8) is 0 Å². The summed E-state index contributed by atoms with van der Waals surface area (Å²) < 4.78 is 0.234. The average molecular weight is 212 g/mol. The highest BCUT2D eigenvalue weighted by molar-refractivity contribution is 14.1. The Kier molecular flexibility index (Phi) is 3.60. The molecule has 42 valence electrons. The molecule has 0 radical (unpaired) electrons. The van der Waals surface area contributed by atoms with Gasteiger partial charge in [-0.2, -0.15) is 0 Å². The van der Waals surface area contributed by atoms with E-state index in [1.54, 1.807) is 6.92 Å². The monoisotopic (exact) mass is 212 g/mol. The van der Waals surface area contributed by atoms with Crippen LogP contribution in [0.15, 0.2) is 0 Å². The largest absolute Gasteiger partial charge is 0.299 e. The molecule has 0 amide bonds. The topological polar surface area (TPSA) is 17.1 Å². The minimum atomic E-state index is 0.234. The van der Waals surface area contributed by atoms with Crippen LogP contribution in [-0.2, 0) is 4.79 Å². The summed E-state index contributed by atoms with van der Waals surface area (Å²) in [6.07, 6.45) is 0.954. The minimum absolute atomic E-state index is 0.234. The zero-order valence-corrected chi connectivity index (χ0v) is 6.73. The average Bonchev–Trinajstić information content (AvgIpc) is 1.65. The van der Waals surface area contributed by atoms with Crippen molar-refractivity contribution in [1.82, 2.24) is 0 Å². The Bertz CT molecular complexity index is 70.5. The van der Waals surface area contributed by atoms with Crippen molar-refractivity contribution in [2.24, 2.45) is 0 Å². The molecule has 1 nitrogen and oxygen atoms in total. The lowest BCUT2D eigenvalue weighted by Gasteiger charge is -1.96. The van der Waals surface area contributed by atoms with Crippen LogP contribution >= 0.6 is 22.6 Å². The molecule has 7 heavy (non-hydrogen) atoms. The lowest BCUT2D eigenvalue weighted by Crippen LogP contribution is -2.06. The molecule has 0 aliphatic carbocycles. The number of hydrogen-bond donors (Lipinski definition) is 0. The van der Waals surface area contributed by atoms with Gasteiger partial charge in [-0.25, -0.2) is 0 Å². The standard InChI is InChI=1S/C5H9IO/c1-3-5(6)4(2)7/h5H,3H2,1-2H3. The van der Waals surface area contributed by atoms with Crippen molar-refractivity contribution in [1.29, 1.82) is 0 Å². The van der Waals surface area contributed by atoms with E-state index in [0.717, 1.165) is 6.42 Å². The summed E-state index contributed by atoms with van der Waals surface area (Å²) in [4.78, 5) is 10.4. The van der Waals surface area contributed by atoms with E-state index in [1.165, 1.54) is 0 Å². The first-order valence-electron chi connectivity index (χ1n) is 2.33. The molecule has 0 heterocycles. The number of alkyl halides is 1. The number of carbonyl (C=O) groups is 1. The summed E-state index contributed by atoms with van der Waals surface area (Å²) in [5.41, 5.74) is 0. The van der Waals surface area contributed by atoms with Gasteiger partial charge in [-0.15, -0.1) is 0 Å². The van der Waals surface area contributed by atoms with E-state index in [0.29, 0.717) is 0 Å². The van der Waals surface area contributed by atoms with Crippen LogP contribution in [-0.4, -0.2) is 9.71 Å². The Morgan fingerprint density at radius 2 is 2.29 bits per heavy atom. The number of ketones is 1. The van der Waals surface area contributed by atoms with Crippen LogP contribution in [0.25, 0.3) is 0 Å². The van der Waals surface area contributed by atoms with E-state index >= 15 is 0 Å². The van der Waals surface area contributed by atoms with E-state index in [4.69, 9.17) is 0 Å². The third-order valence-electron chi connectivity index (χ3n) is 0.800. The molecule has 0 N–H and O–H groups in total. The Morgan fingerprint density at radius 3 is 2.29 bits per heavy atom. The quantitative estimate of drug-likeness (QED) is 0.503. The van der Waals surface area contributed by atoms with Gasteiger partial charge in [0.05, 0.1) is 3.92 Å². The van der Waals surface area contributed by atoms with Crippen molar-refractivity contribution in [3.8, 4) is 0 Å². The molecule has 0 aliphatic rings. The first kappa shape index (κ1) is 7.40. The van der Waals surface area contributed by atoms with Crippen LogP contribution in [0.4, 0.5) is 0 Å². The fraction of sp³-hybridized carbons (Fsp3) is 0.800. The maximum Gasteiger partial charge on any atom is 0.142 e. The number of Topliss-reactive ketones (excluding diaryl/α,β-unsaturated/α-hetero) is 1. The molecule has 0 fully saturated rings. The second-order valence-corrected chi connectivity index (χ2v) is 2.99. The number of halogens is 1. The summed E-state index contributed by atoms with van der Waals surface area (Å²) in [6.45, 7) is 3.64. The number of rotatable bonds is 2. The molecule has 0 bridgehead atoms. The maximum absolute atomic E-state index is 10.4. The SMILES string of the molecule is CCC(I)C(C)=O. The van der Waals surface area contributed by atoms with E-state index in [2.05, 4.69) is 22.6 Å². The van der Waals surface area contributed by atoms with Gasteiger partial charge in [0.1, 0.15) is 5.78 Å². The lowest BCUT2D eigenvalue weighted by molar-refractivity contribution is -0.116. The van der Waals surface area contributed by atoms with E-state index in [1.807, 2.05) is 6.92 Å². The summed E-state index contributed by atoms with van der Waals surface area (Å²) in [7, 11) is 0. The third kappa shape index (κ3) is 3.02. The molecule has 0 aromatic heterocycles. The highest BCUT2D eigenvalue weighted by Gasteiger charge is 2.03. The molecule has 0 spiro atoms. The molecule has 0 aliphatic heterocycles. The van der Waals surface area contributed by atoms with Gasteiger partial charge in [0.25, 0.3) is 0 Å². The molecule has 0 rings (SSSR count). The van der Waals surface area contributed by atoms with Crippen LogP contribution < -0.4 is 0 Å². The van der Waals surface area contributed by atoms with Gasteiger partial charge >= 0.3 is 0 Å². The molecule has 1 atom stereocenters. The van der Waals surface area contributed by atoms with Gasteiger partial charge in [0.2, 0.25) is 0 Å². The maximum atomic E-state index is 10.4. The number of hydrogen-bond acceptors (Lipinski definition) is 1. The molecule has 1 unspecified atom stereocenters. The van der Waals surface area contributed by atoms with Crippen molar-refractivity contribution < 1.29 is 4.79 Å². The molecule has 0 aromatic rings. The molecule has 0 aromatic carbocycles. The van der Waals surface area contributed by atoms with Gasteiger partial charge in [0.15, 0.2) is 0 Å². The molecule has 2 heteroatoms. The Hall–Kier alpha value is 0.400. The molecule has 0 saturated heterocycles. The third-order valence-corrected chi connectivity index (χ3v) is 2.56. The van der Waals surface area contributed by atoms with Gasteiger partial charge in [-0.05, 0) is 13.3 Å². The Labute approximate surface area is 57.6 Å². The van der Waals surface area contributed by atoms with Crippen molar-refractivity contribution in [2.45, 2.75) is 24.2 Å². The van der Waals surface area contributed by atoms with Gasteiger partial charge in [0, 0.05) is 0 Å². The normalized spacial score (nSPS) is 13.6. The van der Waals surface area contributed by atoms with Gasteiger partial charge in [-0.1, -0.05) is 29.5 Å². The summed E-state index contributed by atoms with van der Waals surface area (Å²) in [5.74, 6) is 0.281. The minimum Gasteiger partial charge on any atom is -0.299 e. The number of carbonyl (C=O) groups excluding carboxylic acids is 1. The van der Waals surface area contributed by atoms with E-state index in [-0.39, 0.29) is 9.71 Å². The first-order chi connectivity index (χ1) is 3.18. The van der Waals surface area contributed by atoms with E-state index in [9.17, 15) is 4.79 Å². The van der Waals surface area contributed by atoms with E-state index < -0.39 is 0 Å². The smallest absolute Gasteiger partial charge is 0.142 e. The fourth-order valence-corrected chi connectivity index (χ4v) is 0.287. The van der Waals surface area contributed by atoms with Crippen LogP contribution in [0, 0.1) is 0 Å². The van der Waals surface area contributed by atoms with Crippen LogP contribution in [0.5, 0.6) is 0 Å². The summed E-state index contributed by atoms with van der Waals surface area (Å²) in [5, 5.41) is 0. The zero-order valence-electron chi connectivity index (χ0n) is 4.57. The second kappa shape index (κ2) is 3.41. The van der Waals surface area contributed by atoms with Crippen LogP contribution in [0.2, 0.25) is 0 Å². The first-order valence-corrected chi connectivity index (χ1v) is 3.57. The van der Waals surface area contributed by atoms with Crippen molar-refractivity contribution in [2.75, 3.05) is 0 Å². The second-order valence-electron chi connectivity index (χ2n) is 1.49. The zero-order chi connectivity index (χ0) is 5.86. The highest BCUT2D eigenvalue weighted by atomic mass is 127.